The molecule has 0 bridgehead atoms. The molecule has 0 saturated carbocycles. The highest BCUT2D eigenvalue weighted by Crippen LogP contribution is 2.21. The summed E-state index contributed by atoms with van der Waals surface area (Å²) in [5, 5.41) is 3.64. The van der Waals surface area contributed by atoms with Gasteiger partial charge >= 0.3 is 6.18 Å². The summed E-state index contributed by atoms with van der Waals surface area (Å²) in [6.07, 6.45) is -4.10. The predicted octanol–water partition coefficient (Wildman–Crippen LogP) is 3.13. The quantitative estimate of drug-likeness (QED) is 0.417. The van der Waals surface area contributed by atoms with Crippen molar-refractivity contribution in [2.75, 3.05) is 26.4 Å². The summed E-state index contributed by atoms with van der Waals surface area (Å²) in [5.74, 6) is 0.616. The first kappa shape index (κ1) is 17.6. The summed E-state index contributed by atoms with van der Waals surface area (Å²) >= 11 is 0. The highest BCUT2D eigenvalue weighted by Gasteiger charge is 2.26. The maximum atomic E-state index is 11.9. The van der Waals surface area contributed by atoms with Gasteiger partial charge in [-0.25, -0.2) is 0 Å². The average Bonchev–Trinajstić information content (AvgIpc) is 3.01. The fourth-order valence-electron chi connectivity index (χ4n) is 1.84. The molecule has 1 aromatic carbocycles. The molecule has 1 heterocycles. The molecule has 0 amide bonds. The zero-order valence-corrected chi connectivity index (χ0v) is 12.4. The third-order valence-electron chi connectivity index (χ3n) is 2.91. The lowest BCUT2D eigenvalue weighted by Crippen LogP contribution is -2.18. The summed E-state index contributed by atoms with van der Waals surface area (Å²) in [7, 11) is 0. The van der Waals surface area contributed by atoms with Crippen LogP contribution in [0.15, 0.2) is 29.4 Å². The van der Waals surface area contributed by atoms with Crippen molar-refractivity contribution in [3.63, 3.8) is 0 Å². The summed E-state index contributed by atoms with van der Waals surface area (Å²) in [4.78, 5) is 4.80. The fraction of sp³-hybridized carbons (Fsp3) is 0.533. The number of benzene rings is 1. The van der Waals surface area contributed by atoms with Crippen LogP contribution in [0.3, 0.4) is 0 Å². The minimum Gasteiger partial charge on any atom is -0.488 e. The first-order valence-electron chi connectivity index (χ1n) is 7.21. The molecule has 1 fully saturated rings. The Morgan fingerprint density at radius 1 is 1.26 bits per heavy atom. The van der Waals surface area contributed by atoms with E-state index in [4.69, 9.17) is 19.0 Å². The van der Waals surface area contributed by atoms with Crippen LogP contribution in [-0.2, 0) is 14.3 Å². The lowest BCUT2D eigenvalue weighted by molar-refractivity contribution is -0.137. The van der Waals surface area contributed by atoms with Crippen LogP contribution in [0.5, 0.6) is 5.75 Å². The third-order valence-corrected chi connectivity index (χ3v) is 2.91. The summed E-state index contributed by atoms with van der Waals surface area (Å²) in [6.45, 7) is 1.33. The predicted molar refractivity (Wildman–Crippen MR) is 76.5 cm³/mol. The maximum Gasteiger partial charge on any atom is 0.389 e. The van der Waals surface area contributed by atoms with E-state index in [0.717, 1.165) is 0 Å². The molecule has 128 valence electrons. The number of hydrogen-bond acceptors (Lipinski definition) is 5. The first-order chi connectivity index (χ1) is 11.0. The Balaban J connectivity index is 1.70. The van der Waals surface area contributed by atoms with Crippen molar-refractivity contribution < 1.29 is 32.2 Å². The van der Waals surface area contributed by atoms with Gasteiger partial charge in [0.2, 0.25) is 0 Å². The molecule has 1 aromatic rings. The molecule has 0 atom stereocenters. The van der Waals surface area contributed by atoms with Gasteiger partial charge < -0.3 is 19.0 Å². The normalized spacial score (nSPS) is 16.1. The van der Waals surface area contributed by atoms with Gasteiger partial charge in [-0.1, -0.05) is 17.3 Å². The van der Waals surface area contributed by atoms with Gasteiger partial charge in [0.15, 0.2) is 6.29 Å². The van der Waals surface area contributed by atoms with Gasteiger partial charge in [-0.15, -0.1) is 0 Å². The Labute approximate surface area is 132 Å². The van der Waals surface area contributed by atoms with Crippen LogP contribution in [-0.4, -0.2) is 45.1 Å². The molecule has 1 saturated heterocycles. The van der Waals surface area contributed by atoms with Crippen molar-refractivity contribution >= 4 is 6.21 Å². The monoisotopic (exact) mass is 333 g/mol. The Morgan fingerprint density at radius 3 is 2.78 bits per heavy atom. The van der Waals surface area contributed by atoms with Crippen molar-refractivity contribution in [1.82, 2.24) is 0 Å². The van der Waals surface area contributed by atoms with E-state index in [1.54, 1.807) is 24.3 Å². The number of halogens is 3. The van der Waals surface area contributed by atoms with Crippen LogP contribution in [0, 0.1) is 0 Å². The van der Waals surface area contributed by atoms with Gasteiger partial charge in [-0.3, -0.25) is 0 Å². The Morgan fingerprint density at radius 2 is 2.04 bits per heavy atom. The molecule has 23 heavy (non-hydrogen) atoms. The molecule has 0 radical (unpaired) electrons. The molecule has 0 aromatic heterocycles. The van der Waals surface area contributed by atoms with E-state index in [-0.39, 0.29) is 25.9 Å². The summed E-state index contributed by atoms with van der Waals surface area (Å²) in [5.41, 5.74) is 0.714. The van der Waals surface area contributed by atoms with Crippen LogP contribution in [0.4, 0.5) is 13.2 Å². The Hall–Kier alpha value is -1.80. The lowest BCUT2D eigenvalue weighted by Gasteiger charge is -2.11. The molecule has 0 spiro atoms. The molecule has 8 heteroatoms. The molecular weight excluding hydrogens is 315 g/mol. The maximum absolute atomic E-state index is 11.9. The number of ether oxygens (including phenoxy) is 3. The average molecular weight is 333 g/mol. The minimum absolute atomic E-state index is 0.0808. The van der Waals surface area contributed by atoms with E-state index in [1.807, 2.05) is 0 Å². The Bertz CT molecular complexity index is 502. The number of alkyl halides is 3. The minimum atomic E-state index is -4.16. The van der Waals surface area contributed by atoms with Crippen LogP contribution in [0.25, 0.3) is 0 Å². The molecule has 2 rings (SSSR count). The van der Waals surface area contributed by atoms with Crippen molar-refractivity contribution in [2.24, 2.45) is 5.16 Å². The van der Waals surface area contributed by atoms with E-state index in [9.17, 15) is 13.2 Å². The van der Waals surface area contributed by atoms with Crippen LogP contribution < -0.4 is 4.74 Å². The van der Waals surface area contributed by atoms with Gasteiger partial charge in [0.05, 0.1) is 19.4 Å². The highest BCUT2D eigenvalue weighted by atomic mass is 19.4. The van der Waals surface area contributed by atoms with Gasteiger partial charge in [0, 0.05) is 6.42 Å². The molecule has 0 unspecified atom stereocenters. The molecular formula is C15H18F3NO4. The second-order valence-corrected chi connectivity index (χ2v) is 4.84. The second kappa shape index (κ2) is 8.73. The highest BCUT2D eigenvalue weighted by molar-refractivity contribution is 5.79. The SMILES string of the molecule is FC(F)(F)CCCO/N=C/c1cccc(OCC2OCCO2)c1. The number of hydrogen-bond donors (Lipinski definition) is 0. The van der Waals surface area contributed by atoms with E-state index >= 15 is 0 Å². The van der Waals surface area contributed by atoms with Gasteiger partial charge in [-0.2, -0.15) is 13.2 Å². The fourth-order valence-corrected chi connectivity index (χ4v) is 1.84. The number of nitrogens with zero attached hydrogens (tertiary/aromatic N) is 1. The van der Waals surface area contributed by atoms with Crippen molar-refractivity contribution in [2.45, 2.75) is 25.3 Å². The first-order valence-corrected chi connectivity index (χ1v) is 7.21. The lowest BCUT2D eigenvalue weighted by atomic mass is 10.2. The van der Waals surface area contributed by atoms with Gasteiger partial charge in [0.1, 0.15) is 19.0 Å². The topological polar surface area (TPSA) is 49.3 Å². The molecule has 0 N–H and O–H groups in total. The van der Waals surface area contributed by atoms with Gasteiger partial charge in [-0.05, 0) is 24.1 Å². The molecule has 1 aliphatic rings. The molecule has 1 aliphatic heterocycles. The third kappa shape index (κ3) is 7.34. The zero-order chi connectivity index (χ0) is 16.5. The number of oxime groups is 1. The van der Waals surface area contributed by atoms with E-state index < -0.39 is 12.6 Å². The van der Waals surface area contributed by atoms with Crippen molar-refractivity contribution in [3.05, 3.63) is 29.8 Å². The van der Waals surface area contributed by atoms with E-state index in [2.05, 4.69) is 5.16 Å². The molecule has 0 aliphatic carbocycles. The standard InChI is InChI=1S/C15H18F3NO4/c16-15(17,18)5-2-6-23-19-10-12-3-1-4-13(9-12)22-11-14-20-7-8-21-14/h1,3-4,9-10,14H,2,5-8,11H2/b19-10+. The second-order valence-electron chi connectivity index (χ2n) is 4.84. The molecule has 5 nitrogen and oxygen atoms in total. The van der Waals surface area contributed by atoms with Crippen molar-refractivity contribution in [1.29, 1.82) is 0 Å². The number of rotatable bonds is 8. The largest absolute Gasteiger partial charge is 0.488 e. The Kier molecular flexibility index (Phi) is 6.66. The van der Waals surface area contributed by atoms with Crippen LogP contribution in [0.1, 0.15) is 18.4 Å². The van der Waals surface area contributed by atoms with E-state index in [1.165, 1.54) is 6.21 Å². The van der Waals surface area contributed by atoms with Crippen LogP contribution in [0.2, 0.25) is 0 Å². The summed E-state index contributed by atoms with van der Waals surface area (Å²) in [6, 6.07) is 7.06. The summed E-state index contributed by atoms with van der Waals surface area (Å²) < 4.78 is 51.8. The van der Waals surface area contributed by atoms with Crippen LogP contribution >= 0.6 is 0 Å². The van der Waals surface area contributed by atoms with E-state index in [0.29, 0.717) is 24.5 Å². The smallest absolute Gasteiger partial charge is 0.389 e. The van der Waals surface area contributed by atoms with Crippen molar-refractivity contribution in [3.8, 4) is 5.75 Å². The van der Waals surface area contributed by atoms with Gasteiger partial charge in [0.25, 0.3) is 0 Å². The zero-order valence-electron chi connectivity index (χ0n) is 12.4.